The van der Waals surface area contributed by atoms with Gasteiger partial charge in [-0.15, -0.1) is 6.58 Å². The highest BCUT2D eigenvalue weighted by Gasteiger charge is 2.00. The molecule has 0 unspecified atom stereocenters. The molecule has 5 heteroatoms. The Balaban J connectivity index is 1.66. The van der Waals surface area contributed by atoms with Crippen molar-refractivity contribution in [3.63, 3.8) is 0 Å². The highest BCUT2D eigenvalue weighted by atomic mass is 16.5. The van der Waals surface area contributed by atoms with Crippen molar-refractivity contribution in [2.45, 2.75) is 13.0 Å². The van der Waals surface area contributed by atoms with Crippen LogP contribution in [0.4, 0.5) is 4.79 Å². The molecule has 0 fully saturated rings. The van der Waals surface area contributed by atoms with Crippen LogP contribution in [0.1, 0.15) is 11.1 Å². The molecule has 2 amide bonds. The van der Waals surface area contributed by atoms with E-state index in [-0.39, 0.29) is 19.2 Å². The summed E-state index contributed by atoms with van der Waals surface area (Å²) in [7, 11) is 1.62. The maximum Gasteiger partial charge on any atom is 0.315 e. The molecule has 0 aliphatic heterocycles. The smallest absolute Gasteiger partial charge is 0.315 e. The van der Waals surface area contributed by atoms with Crippen LogP contribution in [0.5, 0.6) is 11.5 Å². The van der Waals surface area contributed by atoms with Crippen molar-refractivity contribution in [3.8, 4) is 23.3 Å². The molecule has 0 atom stereocenters. The maximum absolute atomic E-state index is 11.8. The minimum Gasteiger partial charge on any atom is -0.497 e. The number of amides is 2. The Kier molecular flexibility index (Phi) is 8.32. The fourth-order valence-corrected chi connectivity index (χ4v) is 2.31. The number of rotatable bonds is 8. The normalized spacial score (nSPS) is 9.52. The van der Waals surface area contributed by atoms with Gasteiger partial charge in [0.05, 0.1) is 13.7 Å². The van der Waals surface area contributed by atoms with Gasteiger partial charge in [0.15, 0.2) is 0 Å². The van der Waals surface area contributed by atoms with E-state index in [0.717, 1.165) is 29.0 Å². The molecule has 0 saturated carbocycles. The molecule has 0 aliphatic rings. The monoisotopic (exact) mass is 364 g/mol. The van der Waals surface area contributed by atoms with E-state index < -0.39 is 0 Å². The van der Waals surface area contributed by atoms with Crippen LogP contribution in [0.3, 0.4) is 0 Å². The quantitative estimate of drug-likeness (QED) is 0.558. The van der Waals surface area contributed by atoms with Gasteiger partial charge >= 0.3 is 6.03 Å². The van der Waals surface area contributed by atoms with E-state index in [1.807, 2.05) is 54.6 Å². The molecule has 0 aromatic heterocycles. The Hall–Kier alpha value is -3.39. The summed E-state index contributed by atoms with van der Waals surface area (Å²) in [6.45, 7) is 4.70. The zero-order valence-corrected chi connectivity index (χ0v) is 15.5. The number of methoxy groups -OCH3 is 1. The number of hydrogen-bond donors (Lipinski definition) is 2. The molecule has 0 spiro atoms. The average Bonchev–Trinajstić information content (AvgIpc) is 2.70. The molecule has 0 bridgehead atoms. The second-order valence-electron chi connectivity index (χ2n) is 5.63. The Morgan fingerprint density at radius 3 is 2.63 bits per heavy atom. The highest BCUT2D eigenvalue weighted by molar-refractivity contribution is 5.74. The SMILES string of the molecule is C=CCc1ccccc1OCC#CCNC(=O)NCc1ccc(OC)cc1. The number of hydrogen-bond acceptors (Lipinski definition) is 3. The van der Waals surface area contributed by atoms with Crippen LogP contribution in [-0.2, 0) is 13.0 Å². The number of ether oxygens (including phenoxy) is 2. The van der Waals surface area contributed by atoms with E-state index in [1.165, 1.54) is 0 Å². The predicted molar refractivity (Wildman–Crippen MR) is 107 cm³/mol. The van der Waals surface area contributed by atoms with Gasteiger partial charge in [-0.3, -0.25) is 0 Å². The van der Waals surface area contributed by atoms with Crippen molar-refractivity contribution in [3.05, 3.63) is 72.3 Å². The molecule has 0 heterocycles. The Bertz CT molecular complexity index is 804. The van der Waals surface area contributed by atoms with E-state index in [1.54, 1.807) is 7.11 Å². The molecule has 0 radical (unpaired) electrons. The third-order valence-electron chi connectivity index (χ3n) is 3.71. The Labute approximate surface area is 160 Å². The van der Waals surface area contributed by atoms with Gasteiger partial charge in [-0.1, -0.05) is 48.2 Å². The number of carbonyl (C=O) groups excluding carboxylic acids is 1. The molecule has 0 aliphatic carbocycles. The van der Waals surface area contributed by atoms with Crippen molar-refractivity contribution >= 4 is 6.03 Å². The van der Waals surface area contributed by atoms with Crippen LogP contribution in [0.15, 0.2) is 61.2 Å². The summed E-state index contributed by atoms with van der Waals surface area (Å²) in [5, 5.41) is 5.46. The molecule has 140 valence electrons. The average molecular weight is 364 g/mol. The van der Waals surface area contributed by atoms with E-state index in [0.29, 0.717) is 6.54 Å². The summed E-state index contributed by atoms with van der Waals surface area (Å²) in [6, 6.07) is 15.0. The molecular formula is C22H24N2O3. The zero-order chi connectivity index (χ0) is 19.3. The first-order chi connectivity index (χ1) is 13.2. The summed E-state index contributed by atoms with van der Waals surface area (Å²) < 4.78 is 10.8. The van der Waals surface area contributed by atoms with Gasteiger partial charge in [-0.25, -0.2) is 4.79 Å². The van der Waals surface area contributed by atoms with Crippen LogP contribution in [-0.4, -0.2) is 26.3 Å². The number of carbonyl (C=O) groups is 1. The number of para-hydroxylation sites is 1. The molecule has 2 aromatic carbocycles. The van der Waals surface area contributed by atoms with Crippen LogP contribution in [0.2, 0.25) is 0 Å². The molecule has 0 saturated heterocycles. The summed E-state index contributed by atoms with van der Waals surface area (Å²) in [6.07, 6.45) is 2.59. The lowest BCUT2D eigenvalue weighted by Crippen LogP contribution is -2.35. The van der Waals surface area contributed by atoms with Crippen molar-refractivity contribution < 1.29 is 14.3 Å². The third kappa shape index (κ3) is 7.17. The van der Waals surface area contributed by atoms with Crippen LogP contribution >= 0.6 is 0 Å². The zero-order valence-electron chi connectivity index (χ0n) is 15.5. The minimum atomic E-state index is -0.266. The molecule has 2 aromatic rings. The van der Waals surface area contributed by atoms with Crippen molar-refractivity contribution in [2.75, 3.05) is 20.3 Å². The van der Waals surface area contributed by atoms with Crippen LogP contribution in [0.25, 0.3) is 0 Å². The molecule has 2 rings (SSSR count). The van der Waals surface area contributed by atoms with Crippen LogP contribution < -0.4 is 20.1 Å². The highest BCUT2D eigenvalue weighted by Crippen LogP contribution is 2.18. The molecule has 27 heavy (non-hydrogen) atoms. The summed E-state index contributed by atoms with van der Waals surface area (Å²) in [5.74, 6) is 7.35. The van der Waals surface area contributed by atoms with Crippen molar-refractivity contribution in [2.24, 2.45) is 0 Å². The van der Waals surface area contributed by atoms with Gasteiger partial charge in [-0.05, 0) is 35.7 Å². The maximum atomic E-state index is 11.8. The van der Waals surface area contributed by atoms with E-state index in [2.05, 4.69) is 29.1 Å². The second-order valence-corrected chi connectivity index (χ2v) is 5.63. The van der Waals surface area contributed by atoms with Crippen molar-refractivity contribution in [1.82, 2.24) is 10.6 Å². The molecular weight excluding hydrogens is 340 g/mol. The first-order valence-electron chi connectivity index (χ1n) is 8.65. The topological polar surface area (TPSA) is 59.6 Å². The lowest BCUT2D eigenvalue weighted by atomic mass is 10.1. The summed E-state index contributed by atoms with van der Waals surface area (Å²) in [4.78, 5) is 11.8. The molecule has 2 N–H and O–H groups in total. The minimum absolute atomic E-state index is 0.256. The van der Waals surface area contributed by atoms with Gasteiger partial charge in [0, 0.05) is 6.54 Å². The molecule has 5 nitrogen and oxygen atoms in total. The number of benzene rings is 2. The largest absolute Gasteiger partial charge is 0.497 e. The summed E-state index contributed by atoms with van der Waals surface area (Å²) in [5.41, 5.74) is 2.06. The number of urea groups is 1. The Morgan fingerprint density at radius 2 is 1.89 bits per heavy atom. The first-order valence-corrected chi connectivity index (χ1v) is 8.65. The van der Waals surface area contributed by atoms with E-state index in [4.69, 9.17) is 9.47 Å². The fourth-order valence-electron chi connectivity index (χ4n) is 2.31. The van der Waals surface area contributed by atoms with Crippen LogP contribution in [0, 0.1) is 11.8 Å². The lowest BCUT2D eigenvalue weighted by Gasteiger charge is -2.07. The van der Waals surface area contributed by atoms with Gasteiger partial charge in [0.2, 0.25) is 0 Å². The fraction of sp³-hybridized carbons (Fsp3) is 0.227. The second kappa shape index (κ2) is 11.3. The lowest BCUT2D eigenvalue weighted by molar-refractivity contribution is 0.241. The van der Waals surface area contributed by atoms with Crippen molar-refractivity contribution in [1.29, 1.82) is 0 Å². The third-order valence-corrected chi connectivity index (χ3v) is 3.71. The van der Waals surface area contributed by atoms with Gasteiger partial charge in [0.1, 0.15) is 18.1 Å². The first kappa shape index (κ1) is 19.9. The van der Waals surface area contributed by atoms with E-state index >= 15 is 0 Å². The number of allylic oxidation sites excluding steroid dienone is 1. The Morgan fingerprint density at radius 1 is 1.11 bits per heavy atom. The van der Waals surface area contributed by atoms with Gasteiger partial charge < -0.3 is 20.1 Å². The van der Waals surface area contributed by atoms with Gasteiger partial charge in [-0.2, -0.15) is 0 Å². The van der Waals surface area contributed by atoms with E-state index in [9.17, 15) is 4.79 Å². The van der Waals surface area contributed by atoms with Gasteiger partial charge in [0.25, 0.3) is 0 Å². The summed E-state index contributed by atoms with van der Waals surface area (Å²) >= 11 is 0. The predicted octanol–water partition coefficient (Wildman–Crippen LogP) is 3.31. The standard InChI is InChI=1S/C22H24N2O3/c1-3-8-19-9-4-5-10-21(19)27-16-7-6-15-23-22(25)24-17-18-11-13-20(26-2)14-12-18/h3-5,9-14H,1,8,15-17H2,2H3,(H2,23,24,25). The number of nitrogens with one attached hydrogen (secondary N) is 2.